The average Bonchev–Trinajstić information content (AvgIpc) is 2.71. The van der Waals surface area contributed by atoms with Crippen LogP contribution in [0, 0.1) is 0 Å². The summed E-state index contributed by atoms with van der Waals surface area (Å²) in [5.74, 6) is 1.36. The van der Waals surface area contributed by atoms with E-state index in [9.17, 15) is 0 Å². The van der Waals surface area contributed by atoms with Crippen molar-refractivity contribution in [2.45, 2.75) is 13.0 Å². The zero-order valence-corrected chi connectivity index (χ0v) is 13.8. The van der Waals surface area contributed by atoms with Gasteiger partial charge in [-0.1, -0.05) is 5.73 Å². The highest BCUT2D eigenvalue weighted by molar-refractivity contribution is 14.1. The van der Waals surface area contributed by atoms with Crippen LogP contribution in [0.25, 0.3) is 0 Å². The second-order valence-corrected chi connectivity index (χ2v) is 5.84. The third-order valence-electron chi connectivity index (χ3n) is 2.48. The molecule has 1 aromatic heterocycles. The van der Waals surface area contributed by atoms with Crippen LogP contribution < -0.4 is 4.74 Å². The number of nitrogens with zero attached hydrogens (tertiary/aromatic N) is 2. The van der Waals surface area contributed by atoms with E-state index in [0.29, 0.717) is 16.2 Å². The monoisotopic (exact) mass is 468 g/mol. The van der Waals surface area contributed by atoms with Crippen molar-refractivity contribution in [3.05, 3.63) is 43.4 Å². The number of aromatic nitrogens is 1. The summed E-state index contributed by atoms with van der Waals surface area (Å²) in [6.45, 7) is 8.74. The Balaban J connectivity index is 2.22. The Morgan fingerprint density at radius 2 is 2.28 bits per heavy atom. The van der Waals surface area contributed by atoms with Crippen molar-refractivity contribution in [1.29, 1.82) is 0 Å². The van der Waals surface area contributed by atoms with Crippen LogP contribution in [0.15, 0.2) is 36.6 Å². The predicted molar refractivity (Wildman–Crippen MR) is 84.6 cm³/mol. The summed E-state index contributed by atoms with van der Waals surface area (Å²) in [6.07, 6.45) is 0.823. The van der Waals surface area contributed by atoms with Crippen LogP contribution >= 0.6 is 45.2 Å². The summed E-state index contributed by atoms with van der Waals surface area (Å²) in [4.78, 5) is 2.13. The molecule has 0 spiro atoms. The molecule has 0 radical (unpaired) electrons. The van der Waals surface area contributed by atoms with Gasteiger partial charge in [0.15, 0.2) is 9.53 Å². The van der Waals surface area contributed by atoms with Gasteiger partial charge in [-0.25, -0.2) is 0 Å². The van der Waals surface area contributed by atoms with Crippen molar-refractivity contribution in [2.24, 2.45) is 0 Å². The molecule has 0 N–H and O–H groups in total. The maximum atomic E-state index is 5.42. The van der Waals surface area contributed by atoms with E-state index in [1.165, 1.54) is 0 Å². The normalized spacial score (nSPS) is 13.3. The topological polar surface area (TPSA) is 38.5 Å². The van der Waals surface area contributed by atoms with Gasteiger partial charge in [0.2, 0.25) is 0 Å². The molecule has 4 nitrogen and oxygen atoms in total. The van der Waals surface area contributed by atoms with Gasteiger partial charge >= 0.3 is 0 Å². The van der Waals surface area contributed by atoms with Crippen molar-refractivity contribution in [3.63, 3.8) is 0 Å². The number of ether oxygens (including phenoxy) is 1. The van der Waals surface area contributed by atoms with Gasteiger partial charge in [0, 0.05) is 6.54 Å². The fourth-order valence-electron chi connectivity index (χ4n) is 1.70. The smallest absolute Gasteiger partial charge is 0.263 e. The van der Waals surface area contributed by atoms with Gasteiger partial charge in [-0.15, -0.1) is 0 Å². The van der Waals surface area contributed by atoms with Crippen molar-refractivity contribution in [2.75, 3.05) is 6.54 Å². The highest BCUT2D eigenvalue weighted by atomic mass is 127. The second-order valence-electron chi connectivity index (χ2n) is 3.61. The largest absolute Gasteiger partial charge is 0.430 e. The Hall–Kier alpha value is -0.690. The summed E-state index contributed by atoms with van der Waals surface area (Å²) < 4.78 is 12.3. The summed E-state index contributed by atoms with van der Waals surface area (Å²) in [7, 11) is 0. The van der Waals surface area contributed by atoms with Gasteiger partial charge in [0.25, 0.3) is 5.88 Å². The Morgan fingerprint density at radius 1 is 1.50 bits per heavy atom. The Bertz CT molecular complexity index is 567. The molecule has 1 aliphatic rings. The molecule has 1 aliphatic heterocycles. The Morgan fingerprint density at radius 3 is 2.94 bits per heavy atom. The van der Waals surface area contributed by atoms with Gasteiger partial charge in [-0.3, -0.25) is 0 Å². The number of rotatable bonds is 3. The van der Waals surface area contributed by atoms with Crippen LogP contribution in [0.5, 0.6) is 5.88 Å². The minimum absolute atomic E-state index is 0.530. The lowest BCUT2D eigenvalue weighted by atomic mass is 10.1. The first-order valence-corrected chi connectivity index (χ1v) is 7.32. The number of fused-ring (bicyclic) bond motifs is 1. The zero-order chi connectivity index (χ0) is 13.1. The van der Waals surface area contributed by atoms with E-state index >= 15 is 0 Å². The first-order valence-electron chi connectivity index (χ1n) is 5.17. The number of hydrogen-bond acceptors (Lipinski definition) is 4. The third-order valence-corrected chi connectivity index (χ3v) is 3.65. The van der Waals surface area contributed by atoms with E-state index < -0.39 is 0 Å². The summed E-state index contributed by atoms with van der Waals surface area (Å²) in [5, 5.41) is 3.93. The summed E-state index contributed by atoms with van der Waals surface area (Å²) in [6, 6.07) is 0. The minimum Gasteiger partial charge on any atom is -0.430 e. The molecule has 0 aromatic carbocycles. The van der Waals surface area contributed by atoms with E-state index in [1.54, 1.807) is 0 Å². The molecule has 0 unspecified atom stereocenters. The fourth-order valence-corrected chi connectivity index (χ4v) is 2.51. The van der Waals surface area contributed by atoms with Gasteiger partial charge in [0.05, 0.1) is 12.1 Å². The highest BCUT2D eigenvalue weighted by Crippen LogP contribution is 2.31. The molecule has 0 fully saturated rings. The maximum absolute atomic E-state index is 5.42. The van der Waals surface area contributed by atoms with Crippen molar-refractivity contribution in [1.82, 2.24) is 10.1 Å². The highest BCUT2D eigenvalue weighted by Gasteiger charge is 2.25. The minimum atomic E-state index is 0.530. The van der Waals surface area contributed by atoms with E-state index in [1.807, 2.05) is 22.6 Å². The first kappa shape index (κ1) is 13.7. The predicted octanol–water partition coefficient (Wildman–Crippen LogP) is 3.53. The quantitative estimate of drug-likeness (QED) is 0.295. The lowest BCUT2D eigenvalue weighted by molar-refractivity contribution is 0.277. The first-order chi connectivity index (χ1) is 8.61. The molecule has 1 aromatic rings. The van der Waals surface area contributed by atoms with E-state index in [-0.39, 0.29) is 0 Å². The molecule has 2 heterocycles. The fraction of sp³-hybridized carbons (Fsp3) is 0.250. The van der Waals surface area contributed by atoms with E-state index in [2.05, 4.69) is 57.3 Å². The Kier molecular flexibility index (Phi) is 4.55. The number of halogens is 2. The standard InChI is InChI=1S/C12H10I2N2O2/c1-3-4-11(14)16-6-5-9-10(7-16)18-15-12(9)17-8(2)13/h1-2,5-7H2. The third kappa shape index (κ3) is 3.00. The lowest BCUT2D eigenvalue weighted by Gasteiger charge is -2.25. The van der Waals surface area contributed by atoms with E-state index in [0.717, 1.165) is 28.0 Å². The molecular formula is C12H10I2N2O2. The second kappa shape index (κ2) is 5.97. The van der Waals surface area contributed by atoms with Crippen LogP contribution in [0.1, 0.15) is 11.3 Å². The van der Waals surface area contributed by atoms with Crippen LogP contribution in [0.2, 0.25) is 0 Å². The maximum Gasteiger partial charge on any atom is 0.263 e. The summed E-state index contributed by atoms with van der Waals surface area (Å²) >= 11 is 4.21. The summed E-state index contributed by atoms with van der Waals surface area (Å²) in [5.41, 5.74) is 6.62. The van der Waals surface area contributed by atoms with Crippen molar-refractivity contribution in [3.8, 4) is 5.88 Å². The van der Waals surface area contributed by atoms with Crippen LogP contribution in [-0.4, -0.2) is 16.6 Å². The van der Waals surface area contributed by atoms with E-state index in [4.69, 9.17) is 9.26 Å². The molecule has 2 rings (SSSR count). The molecule has 18 heavy (non-hydrogen) atoms. The zero-order valence-electron chi connectivity index (χ0n) is 9.50. The SMILES string of the molecule is C=C=C=C(I)N1CCc2c(OC(=C)I)noc2C1. The molecule has 6 heteroatoms. The van der Waals surface area contributed by atoms with Crippen LogP contribution in [-0.2, 0) is 13.0 Å². The van der Waals surface area contributed by atoms with Gasteiger partial charge < -0.3 is 14.2 Å². The molecular weight excluding hydrogens is 458 g/mol. The lowest BCUT2D eigenvalue weighted by Crippen LogP contribution is -2.27. The molecule has 0 amide bonds. The number of hydrogen-bond donors (Lipinski definition) is 0. The van der Waals surface area contributed by atoms with Gasteiger partial charge in [-0.05, 0) is 75.6 Å². The van der Waals surface area contributed by atoms with Crippen LogP contribution in [0.4, 0.5) is 0 Å². The van der Waals surface area contributed by atoms with Crippen molar-refractivity contribution < 1.29 is 9.26 Å². The molecule has 94 valence electrons. The van der Waals surface area contributed by atoms with Crippen LogP contribution in [0.3, 0.4) is 0 Å². The molecule has 0 atom stereocenters. The molecule has 0 saturated heterocycles. The molecule has 0 saturated carbocycles. The molecule has 0 bridgehead atoms. The average molecular weight is 468 g/mol. The van der Waals surface area contributed by atoms with Crippen molar-refractivity contribution >= 4 is 45.2 Å². The van der Waals surface area contributed by atoms with Gasteiger partial charge in [0.1, 0.15) is 3.70 Å². The van der Waals surface area contributed by atoms with Gasteiger partial charge in [-0.2, -0.15) is 0 Å². The Labute approximate surface area is 132 Å². The molecule has 0 aliphatic carbocycles.